The molecule has 0 fully saturated rings. The lowest BCUT2D eigenvalue weighted by Gasteiger charge is -2.13. The lowest BCUT2D eigenvalue weighted by atomic mass is 10.1. The molecule has 0 spiro atoms. The Hall–Kier alpha value is -1.15. The van der Waals surface area contributed by atoms with Crippen molar-refractivity contribution < 1.29 is 17.9 Å². The zero-order valence-electron chi connectivity index (χ0n) is 13.3. The van der Waals surface area contributed by atoms with Gasteiger partial charge >= 0.3 is 5.97 Å². The summed E-state index contributed by atoms with van der Waals surface area (Å²) in [7, 11) is -3.49. The summed E-state index contributed by atoms with van der Waals surface area (Å²) in [6.45, 7) is 4.22. The van der Waals surface area contributed by atoms with Gasteiger partial charge in [0.1, 0.15) is 6.04 Å². The van der Waals surface area contributed by atoms with Gasteiger partial charge in [0.25, 0.3) is 0 Å². The highest BCUT2D eigenvalue weighted by Gasteiger charge is 2.18. The summed E-state index contributed by atoms with van der Waals surface area (Å²) < 4.78 is 31.6. The first-order valence-electron chi connectivity index (χ1n) is 7.50. The number of rotatable bonds is 10. The number of nitrogens with one attached hydrogen (secondary N) is 2. The fraction of sp³-hybridized carbons (Fsp3) is 0.533. The molecule has 0 aliphatic rings. The van der Waals surface area contributed by atoms with E-state index >= 15 is 0 Å². The monoisotopic (exact) mass is 362 g/mol. The SMILES string of the molecule is CCOC(=O)[C@H](CCCCNS(=O)(=O)c1ccc(C)cc1)NCl. The van der Waals surface area contributed by atoms with E-state index in [4.69, 9.17) is 16.5 Å². The van der Waals surface area contributed by atoms with E-state index in [2.05, 4.69) is 9.56 Å². The quantitative estimate of drug-likeness (QED) is 0.378. The molecule has 23 heavy (non-hydrogen) atoms. The molecule has 1 atom stereocenters. The number of carbonyl (C=O) groups is 1. The molecular formula is C15H23ClN2O4S. The normalized spacial score (nSPS) is 12.8. The minimum Gasteiger partial charge on any atom is -0.465 e. The molecule has 1 aromatic carbocycles. The van der Waals surface area contributed by atoms with Crippen LogP contribution in [0.15, 0.2) is 29.2 Å². The Morgan fingerprint density at radius 2 is 1.91 bits per heavy atom. The zero-order chi connectivity index (χ0) is 17.3. The smallest absolute Gasteiger partial charge is 0.324 e. The molecule has 0 amide bonds. The molecule has 0 aliphatic heterocycles. The Labute approximate surface area is 142 Å². The van der Waals surface area contributed by atoms with Crippen LogP contribution in [0.25, 0.3) is 0 Å². The van der Waals surface area contributed by atoms with Crippen LogP contribution in [0.3, 0.4) is 0 Å². The Balaban J connectivity index is 2.36. The van der Waals surface area contributed by atoms with Crippen LogP contribution in [0.5, 0.6) is 0 Å². The molecule has 0 aliphatic carbocycles. The largest absolute Gasteiger partial charge is 0.465 e. The predicted octanol–water partition coefficient (Wildman–Crippen LogP) is 2.12. The molecule has 2 N–H and O–H groups in total. The number of carbonyl (C=O) groups excluding carboxylic acids is 1. The highest BCUT2D eigenvalue weighted by atomic mass is 35.5. The fourth-order valence-corrected chi connectivity index (χ4v) is 3.21. The summed E-state index contributed by atoms with van der Waals surface area (Å²) >= 11 is 5.51. The van der Waals surface area contributed by atoms with E-state index in [-0.39, 0.29) is 4.90 Å². The second-order valence-corrected chi connectivity index (χ2v) is 7.11. The lowest BCUT2D eigenvalue weighted by molar-refractivity contribution is -0.145. The number of sulfonamides is 1. The standard InChI is InChI=1S/C15H23ClN2O4S/c1-3-22-15(19)14(18-16)6-4-5-11-17-23(20,21)13-9-7-12(2)8-10-13/h7-10,14,17-18H,3-6,11H2,1-2H3/t14-/m0/s1. The number of hydrogen-bond donors (Lipinski definition) is 2. The van der Waals surface area contributed by atoms with Gasteiger partial charge in [-0.1, -0.05) is 17.7 Å². The molecule has 8 heteroatoms. The highest BCUT2D eigenvalue weighted by molar-refractivity contribution is 7.89. The molecule has 0 saturated carbocycles. The van der Waals surface area contributed by atoms with Crippen LogP contribution in [0, 0.1) is 6.92 Å². The van der Waals surface area contributed by atoms with E-state index in [9.17, 15) is 13.2 Å². The van der Waals surface area contributed by atoms with E-state index in [1.54, 1.807) is 31.2 Å². The average molecular weight is 363 g/mol. The predicted molar refractivity (Wildman–Crippen MR) is 89.6 cm³/mol. The summed E-state index contributed by atoms with van der Waals surface area (Å²) in [6.07, 6.45) is 1.72. The van der Waals surface area contributed by atoms with Crippen LogP contribution >= 0.6 is 11.8 Å². The van der Waals surface area contributed by atoms with Crippen LogP contribution < -0.4 is 9.56 Å². The van der Waals surface area contributed by atoms with Crippen molar-refractivity contribution in [2.75, 3.05) is 13.2 Å². The van der Waals surface area contributed by atoms with Crippen molar-refractivity contribution in [1.82, 2.24) is 9.56 Å². The summed E-state index contributed by atoms with van der Waals surface area (Å²) in [4.78, 5) is 14.2. The number of esters is 1. The van der Waals surface area contributed by atoms with Crippen LogP contribution in [0.2, 0.25) is 0 Å². The van der Waals surface area contributed by atoms with Gasteiger partial charge < -0.3 is 4.74 Å². The van der Waals surface area contributed by atoms with Crippen molar-refractivity contribution in [2.45, 2.75) is 44.0 Å². The van der Waals surface area contributed by atoms with Gasteiger partial charge in [-0.2, -0.15) is 0 Å². The molecule has 130 valence electrons. The van der Waals surface area contributed by atoms with Gasteiger partial charge in [-0.3, -0.25) is 4.79 Å². The second kappa shape index (κ2) is 9.87. The van der Waals surface area contributed by atoms with Gasteiger partial charge in [0.15, 0.2) is 0 Å². The Bertz CT molecular complexity index is 590. The van der Waals surface area contributed by atoms with Crippen molar-refractivity contribution >= 4 is 27.8 Å². The van der Waals surface area contributed by atoms with E-state index in [0.29, 0.717) is 32.4 Å². The van der Waals surface area contributed by atoms with Gasteiger partial charge in [0.05, 0.1) is 11.5 Å². The van der Waals surface area contributed by atoms with E-state index in [1.807, 2.05) is 6.92 Å². The Morgan fingerprint density at radius 3 is 2.48 bits per heavy atom. The van der Waals surface area contributed by atoms with Crippen LogP contribution in [0.4, 0.5) is 0 Å². The molecule has 6 nitrogen and oxygen atoms in total. The van der Waals surface area contributed by atoms with Crippen molar-refractivity contribution in [1.29, 1.82) is 0 Å². The Kier molecular flexibility index (Phi) is 8.54. The number of aryl methyl sites for hydroxylation is 1. The molecule has 0 heterocycles. The van der Waals surface area contributed by atoms with Crippen molar-refractivity contribution in [3.05, 3.63) is 29.8 Å². The first-order valence-corrected chi connectivity index (χ1v) is 9.36. The van der Waals surface area contributed by atoms with Gasteiger partial charge in [-0.25, -0.2) is 18.0 Å². The average Bonchev–Trinajstić information content (AvgIpc) is 2.51. The molecule has 0 radical (unpaired) electrons. The van der Waals surface area contributed by atoms with Gasteiger partial charge in [-0.15, -0.1) is 0 Å². The van der Waals surface area contributed by atoms with Gasteiger partial charge in [0.2, 0.25) is 10.0 Å². The minimum absolute atomic E-state index is 0.245. The number of ether oxygens (including phenoxy) is 1. The van der Waals surface area contributed by atoms with Crippen molar-refractivity contribution in [3.8, 4) is 0 Å². The number of benzene rings is 1. The summed E-state index contributed by atoms with van der Waals surface area (Å²) in [5.74, 6) is -0.400. The van der Waals surface area contributed by atoms with E-state index < -0.39 is 22.0 Å². The molecule has 0 saturated heterocycles. The van der Waals surface area contributed by atoms with Gasteiger partial charge in [-0.05, 0) is 57.0 Å². The fourth-order valence-electron chi connectivity index (χ4n) is 1.94. The third-order valence-electron chi connectivity index (χ3n) is 3.25. The third-order valence-corrected chi connectivity index (χ3v) is 4.99. The van der Waals surface area contributed by atoms with E-state index in [0.717, 1.165) is 5.56 Å². The zero-order valence-corrected chi connectivity index (χ0v) is 14.9. The molecule has 1 aromatic rings. The molecular weight excluding hydrogens is 340 g/mol. The Morgan fingerprint density at radius 1 is 1.26 bits per heavy atom. The minimum atomic E-state index is -3.49. The number of unbranched alkanes of at least 4 members (excludes halogenated alkanes) is 1. The molecule has 0 aromatic heterocycles. The summed E-state index contributed by atoms with van der Waals surface area (Å²) in [5.41, 5.74) is 1.00. The number of hydrogen-bond acceptors (Lipinski definition) is 5. The maximum Gasteiger partial charge on any atom is 0.324 e. The van der Waals surface area contributed by atoms with Crippen LogP contribution in [-0.4, -0.2) is 33.6 Å². The number of halogens is 1. The van der Waals surface area contributed by atoms with Crippen molar-refractivity contribution in [3.63, 3.8) is 0 Å². The van der Waals surface area contributed by atoms with Crippen LogP contribution in [-0.2, 0) is 19.6 Å². The first kappa shape index (κ1) is 19.9. The summed E-state index contributed by atoms with van der Waals surface area (Å²) in [5, 5.41) is 0. The third kappa shape index (κ3) is 6.87. The topological polar surface area (TPSA) is 84.5 Å². The first-order chi connectivity index (χ1) is 10.9. The highest BCUT2D eigenvalue weighted by Crippen LogP contribution is 2.10. The molecule has 0 bridgehead atoms. The maximum absolute atomic E-state index is 12.1. The molecule has 1 rings (SSSR count). The molecule has 0 unspecified atom stereocenters. The van der Waals surface area contributed by atoms with Gasteiger partial charge in [0, 0.05) is 6.54 Å². The summed E-state index contributed by atoms with van der Waals surface area (Å²) in [6, 6.07) is 6.08. The van der Waals surface area contributed by atoms with Crippen LogP contribution in [0.1, 0.15) is 31.7 Å². The lowest BCUT2D eigenvalue weighted by Crippen LogP contribution is -2.33. The van der Waals surface area contributed by atoms with E-state index in [1.165, 1.54) is 0 Å². The second-order valence-electron chi connectivity index (χ2n) is 5.12. The maximum atomic E-state index is 12.1. The van der Waals surface area contributed by atoms with Crippen molar-refractivity contribution in [2.24, 2.45) is 0 Å².